The largest absolute Gasteiger partial charge is 0.462 e. The Bertz CT molecular complexity index is 612. The Labute approximate surface area is 118 Å². The van der Waals surface area contributed by atoms with E-state index in [1.807, 2.05) is 26.8 Å². The summed E-state index contributed by atoms with van der Waals surface area (Å²) < 4.78 is 4.88. The maximum atomic E-state index is 11.7. The summed E-state index contributed by atoms with van der Waals surface area (Å²) in [6.45, 7) is 10.0. The summed E-state index contributed by atoms with van der Waals surface area (Å²) >= 11 is 0. The van der Waals surface area contributed by atoms with Crippen LogP contribution in [0.2, 0.25) is 0 Å². The molecular weight excluding hydrogens is 254 g/mol. The summed E-state index contributed by atoms with van der Waals surface area (Å²) in [5.41, 5.74) is 14.0. The smallest absolute Gasteiger partial charge is 0.340 e. The molecule has 0 heterocycles. The molecule has 0 saturated heterocycles. The van der Waals surface area contributed by atoms with Crippen LogP contribution in [-0.2, 0) is 9.53 Å². The fourth-order valence-corrected chi connectivity index (χ4v) is 1.92. The Morgan fingerprint density at radius 3 is 2.50 bits per heavy atom. The summed E-state index contributed by atoms with van der Waals surface area (Å²) in [6.07, 6.45) is 1.58. The van der Waals surface area contributed by atoms with Crippen LogP contribution in [0.25, 0.3) is 16.5 Å². The summed E-state index contributed by atoms with van der Waals surface area (Å²) in [7, 11) is 0. The van der Waals surface area contributed by atoms with Crippen LogP contribution in [0.1, 0.15) is 34.7 Å². The molecule has 0 spiro atoms. The molecule has 0 N–H and O–H groups in total. The normalized spacial score (nSPS) is 10.9. The third-order valence-electron chi connectivity index (χ3n) is 3.45. The molecule has 5 nitrogen and oxygen atoms in total. The first kappa shape index (κ1) is 15.8. The molecule has 20 heavy (non-hydrogen) atoms. The first-order chi connectivity index (χ1) is 9.42. The average Bonchev–Trinajstić information content (AvgIpc) is 2.42. The van der Waals surface area contributed by atoms with E-state index in [4.69, 9.17) is 10.3 Å². The van der Waals surface area contributed by atoms with Crippen LogP contribution in [0, 0.1) is 27.7 Å². The highest BCUT2D eigenvalue weighted by molar-refractivity contribution is 5.93. The highest BCUT2D eigenvalue weighted by atomic mass is 16.5. The van der Waals surface area contributed by atoms with Crippen LogP contribution >= 0.6 is 0 Å². The van der Waals surface area contributed by atoms with Crippen LogP contribution in [-0.4, -0.2) is 12.6 Å². The molecule has 0 amide bonds. The summed E-state index contributed by atoms with van der Waals surface area (Å²) in [6, 6.07) is 1.98. The van der Waals surface area contributed by atoms with Gasteiger partial charge in [-0.2, -0.15) is 0 Å². The van der Waals surface area contributed by atoms with E-state index in [0.29, 0.717) is 0 Å². The number of nitrogens with zero attached hydrogens (tertiary/aromatic N) is 3. The van der Waals surface area contributed by atoms with E-state index in [0.717, 1.165) is 16.7 Å². The van der Waals surface area contributed by atoms with Crippen molar-refractivity contribution < 1.29 is 9.53 Å². The average molecular weight is 273 g/mol. The molecule has 0 aliphatic rings. The Morgan fingerprint density at radius 2 is 1.95 bits per heavy atom. The lowest BCUT2D eigenvalue weighted by Gasteiger charge is -2.12. The Hall–Kier alpha value is -2.26. The van der Waals surface area contributed by atoms with E-state index in [-0.39, 0.29) is 12.3 Å². The van der Waals surface area contributed by atoms with Gasteiger partial charge in [-0.3, -0.25) is 0 Å². The number of carbonyl (C=O) groups excluding carboxylic acids is 1. The lowest BCUT2D eigenvalue weighted by Crippen LogP contribution is -2.06. The number of benzene rings is 1. The van der Waals surface area contributed by atoms with Gasteiger partial charge in [0.1, 0.15) is 5.70 Å². The minimum absolute atomic E-state index is 0.0277. The Balaban J connectivity index is 3.38. The maximum Gasteiger partial charge on any atom is 0.340 e. The highest BCUT2D eigenvalue weighted by Gasteiger charge is 2.11. The molecule has 0 atom stereocenters. The van der Waals surface area contributed by atoms with Gasteiger partial charge in [-0.05, 0) is 74.0 Å². The third kappa shape index (κ3) is 3.39. The van der Waals surface area contributed by atoms with E-state index in [2.05, 4.69) is 16.9 Å². The van der Waals surface area contributed by atoms with Crippen LogP contribution < -0.4 is 0 Å². The number of ether oxygens (including phenoxy) is 1. The van der Waals surface area contributed by atoms with Crippen LogP contribution in [0.5, 0.6) is 0 Å². The minimum Gasteiger partial charge on any atom is -0.462 e. The van der Waals surface area contributed by atoms with Gasteiger partial charge in [0.2, 0.25) is 0 Å². The number of azide groups is 1. The minimum atomic E-state index is -0.611. The number of rotatable bonds is 4. The molecule has 0 aliphatic heterocycles. The van der Waals surface area contributed by atoms with E-state index < -0.39 is 5.97 Å². The second-order valence-corrected chi connectivity index (χ2v) is 4.60. The monoisotopic (exact) mass is 273 g/mol. The maximum absolute atomic E-state index is 11.7. The van der Waals surface area contributed by atoms with Crippen LogP contribution in [0.3, 0.4) is 0 Å². The molecule has 0 aliphatic carbocycles. The molecule has 106 valence electrons. The fraction of sp³-hybridized carbons (Fsp3) is 0.400. The zero-order chi connectivity index (χ0) is 15.3. The predicted molar refractivity (Wildman–Crippen MR) is 79.1 cm³/mol. The number of aryl methyl sites for hydroxylation is 1. The lowest BCUT2D eigenvalue weighted by molar-refractivity contribution is -0.138. The van der Waals surface area contributed by atoms with E-state index >= 15 is 0 Å². The highest BCUT2D eigenvalue weighted by Crippen LogP contribution is 2.23. The van der Waals surface area contributed by atoms with Crippen molar-refractivity contribution >= 4 is 12.0 Å². The van der Waals surface area contributed by atoms with Gasteiger partial charge in [-0.25, -0.2) is 4.79 Å². The molecule has 0 saturated carbocycles. The molecule has 1 aromatic rings. The molecule has 0 bridgehead atoms. The molecule has 0 radical (unpaired) electrons. The van der Waals surface area contributed by atoms with Crippen molar-refractivity contribution in [2.75, 3.05) is 6.61 Å². The molecular formula is C15H19N3O2. The summed E-state index contributed by atoms with van der Waals surface area (Å²) in [4.78, 5) is 14.4. The molecule has 5 heteroatoms. The topological polar surface area (TPSA) is 75.1 Å². The second-order valence-electron chi connectivity index (χ2n) is 4.60. The molecule has 1 rings (SSSR count). The number of hydrogen-bond acceptors (Lipinski definition) is 3. The van der Waals surface area contributed by atoms with Gasteiger partial charge in [0, 0.05) is 4.91 Å². The van der Waals surface area contributed by atoms with E-state index in [1.165, 1.54) is 11.1 Å². The van der Waals surface area contributed by atoms with Crippen molar-refractivity contribution in [3.05, 3.63) is 50.0 Å². The van der Waals surface area contributed by atoms with E-state index in [9.17, 15) is 4.79 Å². The number of esters is 1. The third-order valence-corrected chi connectivity index (χ3v) is 3.45. The van der Waals surface area contributed by atoms with Gasteiger partial charge < -0.3 is 4.74 Å². The van der Waals surface area contributed by atoms with Gasteiger partial charge in [-0.15, -0.1) is 0 Å². The SMILES string of the molecule is CCOC(=O)/C(=C\c1cc(C)c(C)c(C)c1C)N=[N+]=[N-]. The van der Waals surface area contributed by atoms with Crippen molar-refractivity contribution in [3.63, 3.8) is 0 Å². The zero-order valence-electron chi connectivity index (χ0n) is 12.5. The van der Waals surface area contributed by atoms with Gasteiger partial charge in [0.15, 0.2) is 0 Å². The Morgan fingerprint density at radius 1 is 1.30 bits per heavy atom. The summed E-state index contributed by atoms with van der Waals surface area (Å²) in [5.74, 6) is -0.611. The van der Waals surface area contributed by atoms with Gasteiger partial charge in [0.05, 0.1) is 6.61 Å². The van der Waals surface area contributed by atoms with Crippen molar-refractivity contribution in [1.29, 1.82) is 0 Å². The number of hydrogen-bond donors (Lipinski definition) is 0. The zero-order valence-corrected chi connectivity index (χ0v) is 12.5. The first-order valence-corrected chi connectivity index (χ1v) is 6.43. The van der Waals surface area contributed by atoms with Crippen LogP contribution in [0.15, 0.2) is 16.9 Å². The molecule has 1 aromatic carbocycles. The van der Waals surface area contributed by atoms with Crippen molar-refractivity contribution in [2.45, 2.75) is 34.6 Å². The summed E-state index contributed by atoms with van der Waals surface area (Å²) in [5, 5.41) is 3.43. The quantitative estimate of drug-likeness (QED) is 0.272. The fourth-order valence-electron chi connectivity index (χ4n) is 1.92. The van der Waals surface area contributed by atoms with Crippen molar-refractivity contribution in [2.24, 2.45) is 5.11 Å². The molecule has 0 unspecified atom stereocenters. The van der Waals surface area contributed by atoms with E-state index in [1.54, 1.807) is 13.0 Å². The molecule has 0 aromatic heterocycles. The van der Waals surface area contributed by atoms with Gasteiger partial charge in [0.25, 0.3) is 0 Å². The number of carbonyl (C=O) groups is 1. The first-order valence-electron chi connectivity index (χ1n) is 6.43. The molecule has 0 fully saturated rings. The van der Waals surface area contributed by atoms with Crippen molar-refractivity contribution in [3.8, 4) is 0 Å². The standard InChI is InChI=1S/C15H19N3O2/c1-6-20-15(19)14(17-18-16)8-13-7-9(2)10(3)11(4)12(13)5/h7-8H,6H2,1-5H3/b14-8+. The lowest BCUT2D eigenvalue weighted by atomic mass is 9.94. The predicted octanol–water partition coefficient (Wildman–Crippen LogP) is 4.13. The van der Waals surface area contributed by atoms with Gasteiger partial charge >= 0.3 is 5.97 Å². The Kier molecular flexibility index (Phi) is 5.35. The van der Waals surface area contributed by atoms with Crippen LogP contribution in [0.4, 0.5) is 0 Å². The van der Waals surface area contributed by atoms with Crippen molar-refractivity contribution in [1.82, 2.24) is 0 Å². The second kappa shape index (κ2) is 6.78. The van der Waals surface area contributed by atoms with Gasteiger partial charge in [-0.1, -0.05) is 11.2 Å².